The molecule has 0 aliphatic heterocycles. The summed E-state index contributed by atoms with van der Waals surface area (Å²) in [5, 5.41) is 8.44. The third kappa shape index (κ3) is 4.14. The lowest BCUT2D eigenvalue weighted by molar-refractivity contribution is -0.137. The summed E-state index contributed by atoms with van der Waals surface area (Å²) in [6.07, 6.45) is -0.419. The molecule has 0 radical (unpaired) electrons. The van der Waals surface area contributed by atoms with Crippen LogP contribution >= 0.6 is 0 Å². The fraction of sp³-hybridized carbons (Fsp3) is 0.300. The van der Waals surface area contributed by atoms with Crippen LogP contribution in [0.2, 0.25) is 0 Å². The van der Waals surface area contributed by atoms with Gasteiger partial charge in [0.2, 0.25) is 0 Å². The minimum atomic E-state index is -4.21. The number of halogens is 2. The van der Waals surface area contributed by atoms with E-state index in [4.69, 9.17) is 5.11 Å². The monoisotopic (exact) mass is 294 g/mol. The second-order valence-electron chi connectivity index (χ2n) is 3.67. The maximum atomic E-state index is 13.3. The summed E-state index contributed by atoms with van der Waals surface area (Å²) >= 11 is 0. The zero-order valence-electron chi connectivity index (χ0n) is 9.93. The molecule has 19 heavy (non-hydrogen) atoms. The van der Waals surface area contributed by atoms with Crippen molar-refractivity contribution in [3.63, 3.8) is 0 Å². The van der Waals surface area contributed by atoms with Gasteiger partial charge in [-0.15, -0.1) is 0 Å². The van der Waals surface area contributed by atoms with Gasteiger partial charge < -0.3 is 5.11 Å². The molecule has 1 aromatic carbocycles. The Balaban J connectivity index is 2.88. The Morgan fingerprint density at radius 2 is 1.89 bits per heavy atom. The van der Waals surface area contributed by atoms with Gasteiger partial charge in [-0.2, -0.15) is 12.7 Å². The summed E-state index contributed by atoms with van der Waals surface area (Å²) in [7, 11) is -3.11. The number of hydrogen-bond donors (Lipinski definition) is 2. The highest BCUT2D eigenvalue weighted by Gasteiger charge is 2.21. The van der Waals surface area contributed by atoms with Crippen LogP contribution in [-0.2, 0) is 15.0 Å². The molecule has 6 nitrogen and oxygen atoms in total. The van der Waals surface area contributed by atoms with Crippen molar-refractivity contribution < 1.29 is 27.1 Å². The average Bonchev–Trinajstić information content (AvgIpc) is 2.31. The molecular formula is C10H12F2N2O4S. The largest absolute Gasteiger partial charge is 0.481 e. The fourth-order valence-electron chi connectivity index (χ4n) is 1.18. The molecule has 0 aromatic heterocycles. The van der Waals surface area contributed by atoms with Gasteiger partial charge in [-0.3, -0.25) is 9.52 Å². The first kappa shape index (κ1) is 15.3. The van der Waals surface area contributed by atoms with Crippen LogP contribution in [0.4, 0.5) is 14.5 Å². The number of hydrogen-bond acceptors (Lipinski definition) is 3. The first-order valence-electron chi connectivity index (χ1n) is 5.14. The lowest BCUT2D eigenvalue weighted by Crippen LogP contribution is -2.34. The number of carboxylic acid groups (broad SMARTS) is 1. The third-order valence-corrected chi connectivity index (χ3v) is 3.71. The van der Waals surface area contributed by atoms with Gasteiger partial charge in [-0.25, -0.2) is 8.78 Å². The zero-order valence-corrected chi connectivity index (χ0v) is 10.7. The number of nitrogens with one attached hydrogen (secondary N) is 1. The van der Waals surface area contributed by atoms with Crippen LogP contribution in [0.1, 0.15) is 6.42 Å². The number of aliphatic carboxylic acids is 1. The van der Waals surface area contributed by atoms with Crippen molar-refractivity contribution in [3.8, 4) is 0 Å². The van der Waals surface area contributed by atoms with Gasteiger partial charge in [0.15, 0.2) is 0 Å². The van der Waals surface area contributed by atoms with E-state index in [0.717, 1.165) is 25.2 Å². The van der Waals surface area contributed by atoms with Gasteiger partial charge in [0.1, 0.15) is 17.3 Å². The second kappa shape index (κ2) is 5.93. The predicted octanol–water partition coefficient (Wildman–Crippen LogP) is 1.03. The molecule has 1 rings (SSSR count). The molecule has 0 aliphatic rings. The van der Waals surface area contributed by atoms with Crippen LogP contribution in [0.25, 0.3) is 0 Å². The lowest BCUT2D eigenvalue weighted by Gasteiger charge is -2.17. The number of nitrogens with zero attached hydrogens (tertiary/aromatic N) is 1. The van der Waals surface area contributed by atoms with Gasteiger partial charge in [-0.1, -0.05) is 6.07 Å². The molecule has 0 unspecified atom stereocenters. The van der Waals surface area contributed by atoms with Crippen molar-refractivity contribution in [1.29, 1.82) is 0 Å². The number of carboxylic acids is 1. The molecule has 0 spiro atoms. The molecular weight excluding hydrogens is 282 g/mol. The summed E-state index contributed by atoms with van der Waals surface area (Å²) in [5.74, 6) is -3.30. The molecule has 0 atom stereocenters. The minimum absolute atomic E-state index is 0.319. The quantitative estimate of drug-likeness (QED) is 0.820. The van der Waals surface area contributed by atoms with E-state index in [-0.39, 0.29) is 6.54 Å². The Morgan fingerprint density at radius 1 is 1.37 bits per heavy atom. The molecule has 1 aromatic rings. The SMILES string of the molecule is CN(CCC(=O)O)S(=O)(=O)Nc1c(F)cccc1F. The summed E-state index contributed by atoms with van der Waals surface area (Å²) in [4.78, 5) is 10.3. The minimum Gasteiger partial charge on any atom is -0.481 e. The van der Waals surface area contributed by atoms with E-state index < -0.39 is 39.9 Å². The number of para-hydroxylation sites is 1. The van der Waals surface area contributed by atoms with E-state index in [0.29, 0.717) is 4.31 Å². The Kier molecular flexibility index (Phi) is 4.78. The second-order valence-corrected chi connectivity index (χ2v) is 5.45. The van der Waals surface area contributed by atoms with E-state index in [1.165, 1.54) is 0 Å². The predicted molar refractivity (Wildman–Crippen MR) is 63.8 cm³/mol. The Morgan fingerprint density at radius 3 is 2.37 bits per heavy atom. The van der Waals surface area contributed by atoms with E-state index in [1.54, 1.807) is 4.72 Å². The normalized spacial score (nSPS) is 11.6. The van der Waals surface area contributed by atoms with Crippen molar-refractivity contribution in [3.05, 3.63) is 29.8 Å². The standard InChI is InChI=1S/C10H12F2N2O4S/c1-14(6-5-9(15)16)19(17,18)13-10-7(11)3-2-4-8(10)12/h2-4,13H,5-6H2,1H3,(H,15,16). The molecule has 0 amide bonds. The molecule has 0 aliphatic carbocycles. The number of carbonyl (C=O) groups is 1. The summed E-state index contributed by atoms with van der Waals surface area (Å²) in [5.41, 5.74) is -0.801. The molecule has 2 N–H and O–H groups in total. The molecule has 106 valence electrons. The van der Waals surface area contributed by atoms with E-state index in [9.17, 15) is 22.0 Å². The highest BCUT2D eigenvalue weighted by molar-refractivity contribution is 7.90. The van der Waals surface area contributed by atoms with Gasteiger partial charge >= 0.3 is 16.2 Å². The molecule has 0 saturated carbocycles. The Hall–Kier alpha value is -1.74. The maximum Gasteiger partial charge on any atom is 0.304 e. The van der Waals surface area contributed by atoms with E-state index in [1.807, 2.05) is 0 Å². The maximum absolute atomic E-state index is 13.3. The van der Waals surface area contributed by atoms with Crippen LogP contribution in [0.3, 0.4) is 0 Å². The van der Waals surface area contributed by atoms with Crippen molar-refractivity contribution in [2.45, 2.75) is 6.42 Å². The van der Waals surface area contributed by atoms with Crippen LogP contribution in [0.5, 0.6) is 0 Å². The Labute approximate surface area is 108 Å². The summed E-state index contributed by atoms with van der Waals surface area (Å²) in [6.45, 7) is -0.319. The number of anilines is 1. The molecule has 0 fully saturated rings. The van der Waals surface area contributed by atoms with Crippen molar-refractivity contribution >= 4 is 21.9 Å². The average molecular weight is 294 g/mol. The summed E-state index contributed by atoms with van der Waals surface area (Å²) in [6, 6.07) is 2.90. The van der Waals surface area contributed by atoms with Crippen LogP contribution in [0.15, 0.2) is 18.2 Å². The number of benzene rings is 1. The van der Waals surface area contributed by atoms with Crippen LogP contribution in [-0.4, -0.2) is 37.4 Å². The van der Waals surface area contributed by atoms with E-state index in [2.05, 4.69) is 0 Å². The Bertz CT molecular complexity index is 557. The topological polar surface area (TPSA) is 86.7 Å². The molecule has 9 heteroatoms. The van der Waals surface area contributed by atoms with Gasteiger partial charge in [0, 0.05) is 13.6 Å². The van der Waals surface area contributed by atoms with Crippen molar-refractivity contribution in [2.75, 3.05) is 18.3 Å². The lowest BCUT2D eigenvalue weighted by atomic mass is 10.3. The first-order valence-corrected chi connectivity index (χ1v) is 6.58. The smallest absolute Gasteiger partial charge is 0.304 e. The zero-order chi connectivity index (χ0) is 14.6. The van der Waals surface area contributed by atoms with Gasteiger partial charge in [-0.05, 0) is 12.1 Å². The van der Waals surface area contributed by atoms with Gasteiger partial charge in [0.25, 0.3) is 0 Å². The molecule has 0 saturated heterocycles. The van der Waals surface area contributed by atoms with E-state index >= 15 is 0 Å². The first-order chi connectivity index (χ1) is 8.74. The fourth-order valence-corrected chi connectivity index (χ4v) is 2.12. The van der Waals surface area contributed by atoms with Crippen LogP contribution in [0, 0.1) is 11.6 Å². The highest BCUT2D eigenvalue weighted by Crippen LogP contribution is 2.20. The summed E-state index contributed by atoms with van der Waals surface area (Å²) < 4.78 is 52.4. The van der Waals surface area contributed by atoms with Crippen molar-refractivity contribution in [1.82, 2.24) is 4.31 Å². The molecule has 0 heterocycles. The highest BCUT2D eigenvalue weighted by atomic mass is 32.2. The number of rotatable bonds is 6. The van der Waals surface area contributed by atoms with Gasteiger partial charge in [0.05, 0.1) is 6.42 Å². The molecule has 0 bridgehead atoms. The van der Waals surface area contributed by atoms with Crippen molar-refractivity contribution in [2.24, 2.45) is 0 Å². The third-order valence-electron chi connectivity index (χ3n) is 2.24. The van der Waals surface area contributed by atoms with Crippen LogP contribution < -0.4 is 4.72 Å².